The van der Waals surface area contributed by atoms with Crippen LogP contribution in [0.3, 0.4) is 0 Å². The maximum Gasteiger partial charge on any atom is 0.410 e. The number of nitrogens with one attached hydrogen (secondary N) is 1. The van der Waals surface area contributed by atoms with Crippen LogP contribution in [0.15, 0.2) is 35.2 Å². The molecule has 0 unspecified atom stereocenters. The number of carbonyl (C=O) groups excluding carboxylic acids is 1. The molecule has 4 nitrogen and oxygen atoms in total. The molecule has 1 aromatic rings. The Balaban J connectivity index is 1.82. The second kappa shape index (κ2) is 7.18. The number of rotatable bonds is 3. The lowest BCUT2D eigenvalue weighted by Gasteiger charge is -2.34. The van der Waals surface area contributed by atoms with Crippen molar-refractivity contribution in [1.29, 1.82) is 0 Å². The summed E-state index contributed by atoms with van der Waals surface area (Å²) in [5.41, 5.74) is -0.434. The van der Waals surface area contributed by atoms with Crippen LogP contribution >= 0.6 is 11.8 Å². The van der Waals surface area contributed by atoms with Crippen LogP contribution in [0.25, 0.3) is 0 Å². The first-order valence-electron chi connectivity index (χ1n) is 7.33. The number of thioether (sulfide) groups is 1. The summed E-state index contributed by atoms with van der Waals surface area (Å²) >= 11 is 1.81. The summed E-state index contributed by atoms with van der Waals surface area (Å²) in [7, 11) is 0. The number of carbonyl (C=O) groups is 1. The first-order valence-corrected chi connectivity index (χ1v) is 8.32. The van der Waals surface area contributed by atoms with E-state index >= 15 is 0 Å². The van der Waals surface area contributed by atoms with E-state index in [0.29, 0.717) is 19.1 Å². The van der Waals surface area contributed by atoms with Gasteiger partial charge in [-0.05, 0) is 32.9 Å². The van der Waals surface area contributed by atoms with Crippen LogP contribution in [-0.4, -0.2) is 48.0 Å². The van der Waals surface area contributed by atoms with Gasteiger partial charge in [-0.2, -0.15) is 0 Å². The molecule has 1 aliphatic heterocycles. The molecule has 1 aliphatic rings. The van der Waals surface area contributed by atoms with Crippen LogP contribution in [-0.2, 0) is 4.74 Å². The molecule has 1 heterocycles. The Labute approximate surface area is 131 Å². The van der Waals surface area contributed by atoms with Gasteiger partial charge in [-0.1, -0.05) is 18.2 Å². The topological polar surface area (TPSA) is 41.6 Å². The Morgan fingerprint density at radius 2 is 2.10 bits per heavy atom. The van der Waals surface area contributed by atoms with Gasteiger partial charge < -0.3 is 15.0 Å². The third-order valence-corrected chi connectivity index (χ3v) is 4.28. The maximum atomic E-state index is 12.1. The molecule has 116 valence electrons. The number of hydrogen-bond donors (Lipinski definition) is 1. The second-order valence-corrected chi connectivity index (χ2v) is 7.29. The number of ether oxygens (including phenoxy) is 1. The van der Waals surface area contributed by atoms with Crippen molar-refractivity contribution < 1.29 is 9.53 Å². The minimum atomic E-state index is -0.434. The number of benzene rings is 1. The molecular formula is C16H24N2O2S. The first kappa shape index (κ1) is 16.2. The largest absolute Gasteiger partial charge is 0.444 e. The van der Waals surface area contributed by atoms with Gasteiger partial charge in [-0.25, -0.2) is 4.79 Å². The highest BCUT2D eigenvalue weighted by Crippen LogP contribution is 2.19. The number of hydrogen-bond acceptors (Lipinski definition) is 4. The van der Waals surface area contributed by atoms with E-state index in [1.807, 2.05) is 50.7 Å². The van der Waals surface area contributed by atoms with E-state index in [2.05, 4.69) is 17.4 Å². The molecule has 1 fully saturated rings. The molecule has 2 rings (SSSR count). The van der Waals surface area contributed by atoms with E-state index in [4.69, 9.17) is 4.74 Å². The average Bonchev–Trinajstić information content (AvgIpc) is 2.45. The normalized spacial score (nSPS) is 19.4. The van der Waals surface area contributed by atoms with Gasteiger partial charge in [0, 0.05) is 36.3 Å². The van der Waals surface area contributed by atoms with Crippen molar-refractivity contribution >= 4 is 17.9 Å². The van der Waals surface area contributed by atoms with Crippen molar-refractivity contribution in [3.8, 4) is 0 Å². The molecule has 0 saturated carbocycles. The molecule has 1 aromatic carbocycles. The fourth-order valence-corrected chi connectivity index (χ4v) is 3.11. The smallest absolute Gasteiger partial charge is 0.410 e. The summed E-state index contributed by atoms with van der Waals surface area (Å²) in [6.07, 6.45) is -0.210. The van der Waals surface area contributed by atoms with Crippen molar-refractivity contribution in [3.63, 3.8) is 0 Å². The minimum absolute atomic E-state index is 0.210. The molecule has 21 heavy (non-hydrogen) atoms. The van der Waals surface area contributed by atoms with Gasteiger partial charge in [0.05, 0.1) is 0 Å². The van der Waals surface area contributed by atoms with Gasteiger partial charge in [0.25, 0.3) is 0 Å². The molecule has 1 N–H and O–H groups in total. The third kappa shape index (κ3) is 5.59. The molecule has 5 heteroatoms. The lowest BCUT2D eigenvalue weighted by atomic mass is 10.2. The molecule has 0 aromatic heterocycles. The Bertz CT molecular complexity index is 459. The zero-order valence-electron chi connectivity index (χ0n) is 13.0. The van der Waals surface area contributed by atoms with Crippen LogP contribution in [0.2, 0.25) is 0 Å². The summed E-state index contributed by atoms with van der Waals surface area (Å²) in [6, 6.07) is 10.6. The van der Waals surface area contributed by atoms with Crippen LogP contribution in [0, 0.1) is 0 Å². The molecule has 0 bridgehead atoms. The SMILES string of the molecule is CC(C)(C)OC(=O)N1CCN[C@H](CSc2ccccc2)C1. The molecule has 1 atom stereocenters. The summed E-state index contributed by atoms with van der Waals surface area (Å²) in [5, 5.41) is 3.47. The van der Waals surface area contributed by atoms with E-state index < -0.39 is 5.60 Å². The summed E-state index contributed by atoms with van der Waals surface area (Å²) in [5.74, 6) is 0.948. The minimum Gasteiger partial charge on any atom is -0.444 e. The highest BCUT2D eigenvalue weighted by atomic mass is 32.2. The summed E-state index contributed by atoms with van der Waals surface area (Å²) in [6.45, 7) is 7.93. The fraction of sp³-hybridized carbons (Fsp3) is 0.562. The van der Waals surface area contributed by atoms with Crippen molar-refractivity contribution in [2.45, 2.75) is 37.3 Å². The number of nitrogens with zero attached hydrogens (tertiary/aromatic N) is 1. The van der Waals surface area contributed by atoms with Gasteiger partial charge in [0.15, 0.2) is 0 Å². The summed E-state index contributed by atoms with van der Waals surface area (Å²) in [4.78, 5) is 15.2. The van der Waals surface area contributed by atoms with Gasteiger partial charge >= 0.3 is 6.09 Å². The van der Waals surface area contributed by atoms with E-state index in [1.54, 1.807) is 4.90 Å². The molecule has 1 amide bonds. The van der Waals surface area contributed by atoms with Gasteiger partial charge in [0.2, 0.25) is 0 Å². The standard InChI is InChI=1S/C16H24N2O2S/c1-16(2,3)20-15(19)18-10-9-17-13(11-18)12-21-14-7-5-4-6-8-14/h4-8,13,17H,9-12H2,1-3H3/t13-/m0/s1. The van der Waals surface area contributed by atoms with E-state index in [9.17, 15) is 4.79 Å². The Hall–Kier alpha value is -1.20. The number of piperazine rings is 1. The molecule has 1 saturated heterocycles. The Morgan fingerprint density at radius 3 is 2.76 bits per heavy atom. The van der Waals surface area contributed by atoms with Crippen LogP contribution in [0.5, 0.6) is 0 Å². The van der Waals surface area contributed by atoms with Gasteiger partial charge in [-0.15, -0.1) is 11.8 Å². The predicted octanol–water partition coefficient (Wildman–Crippen LogP) is 2.99. The highest BCUT2D eigenvalue weighted by Gasteiger charge is 2.27. The molecule has 0 aliphatic carbocycles. The van der Waals surface area contributed by atoms with Crippen LogP contribution in [0.1, 0.15) is 20.8 Å². The van der Waals surface area contributed by atoms with Crippen molar-refractivity contribution in [1.82, 2.24) is 10.2 Å². The quantitative estimate of drug-likeness (QED) is 0.872. The average molecular weight is 308 g/mol. The Morgan fingerprint density at radius 1 is 1.38 bits per heavy atom. The zero-order valence-corrected chi connectivity index (χ0v) is 13.8. The molecule has 0 radical (unpaired) electrons. The monoisotopic (exact) mass is 308 g/mol. The van der Waals surface area contributed by atoms with Crippen molar-refractivity contribution in [3.05, 3.63) is 30.3 Å². The summed E-state index contributed by atoms with van der Waals surface area (Å²) < 4.78 is 5.44. The van der Waals surface area contributed by atoms with E-state index in [0.717, 1.165) is 12.3 Å². The lowest BCUT2D eigenvalue weighted by molar-refractivity contribution is 0.0203. The van der Waals surface area contributed by atoms with Crippen LogP contribution < -0.4 is 5.32 Å². The lowest BCUT2D eigenvalue weighted by Crippen LogP contribution is -2.54. The highest BCUT2D eigenvalue weighted by molar-refractivity contribution is 7.99. The van der Waals surface area contributed by atoms with Crippen molar-refractivity contribution in [2.75, 3.05) is 25.4 Å². The fourth-order valence-electron chi connectivity index (χ4n) is 2.14. The van der Waals surface area contributed by atoms with Crippen molar-refractivity contribution in [2.24, 2.45) is 0 Å². The first-order chi connectivity index (χ1) is 9.94. The van der Waals surface area contributed by atoms with Crippen LogP contribution in [0.4, 0.5) is 4.79 Å². The third-order valence-electron chi connectivity index (χ3n) is 3.10. The maximum absolute atomic E-state index is 12.1. The molecule has 0 spiro atoms. The van der Waals surface area contributed by atoms with E-state index in [-0.39, 0.29) is 6.09 Å². The molecular weight excluding hydrogens is 284 g/mol. The Kier molecular flexibility index (Phi) is 5.53. The zero-order chi connectivity index (χ0) is 15.3. The predicted molar refractivity (Wildman–Crippen MR) is 86.8 cm³/mol. The second-order valence-electron chi connectivity index (χ2n) is 6.20. The number of amides is 1. The van der Waals surface area contributed by atoms with Gasteiger partial charge in [0.1, 0.15) is 5.60 Å². The van der Waals surface area contributed by atoms with E-state index in [1.165, 1.54) is 4.90 Å². The van der Waals surface area contributed by atoms with Gasteiger partial charge in [-0.3, -0.25) is 0 Å².